The summed E-state index contributed by atoms with van der Waals surface area (Å²) in [5.41, 5.74) is 1.04. The number of sulfone groups is 1. The smallest absolute Gasteiger partial charge is 0.147 e. The first kappa shape index (κ1) is 14.0. The fraction of sp³-hybridized carbons (Fsp3) is 0.500. The Morgan fingerprint density at radius 2 is 2.12 bits per heavy atom. The highest BCUT2D eigenvalue weighted by Gasteiger charge is 2.13. The molecule has 0 spiro atoms. The Balaban J connectivity index is 2.78. The molecule has 0 aliphatic rings. The van der Waals surface area contributed by atoms with E-state index in [1.54, 1.807) is 7.11 Å². The molecule has 0 radical (unpaired) electrons. The van der Waals surface area contributed by atoms with Gasteiger partial charge in [0.05, 0.1) is 12.9 Å². The highest BCUT2D eigenvalue weighted by atomic mass is 32.2. The number of hydrogen-bond donors (Lipinski definition) is 1. The van der Waals surface area contributed by atoms with Crippen LogP contribution in [-0.2, 0) is 9.84 Å². The third-order valence-electron chi connectivity index (χ3n) is 2.62. The second-order valence-electron chi connectivity index (χ2n) is 4.04. The van der Waals surface area contributed by atoms with Crippen LogP contribution in [0, 0.1) is 0 Å². The second-order valence-corrected chi connectivity index (χ2v) is 6.30. The fourth-order valence-corrected chi connectivity index (χ4v) is 2.33. The summed E-state index contributed by atoms with van der Waals surface area (Å²) in [6.07, 6.45) is 1.81. The molecule has 0 aliphatic carbocycles. The van der Waals surface area contributed by atoms with Gasteiger partial charge in [-0.15, -0.1) is 0 Å². The number of hydrogen-bond acceptors (Lipinski definition) is 4. The van der Waals surface area contributed by atoms with Crippen molar-refractivity contribution in [2.24, 2.45) is 0 Å². The predicted octanol–water partition coefficient (Wildman–Crippen LogP) is 1.39. The Labute approximate surface area is 103 Å². The molecule has 0 saturated carbocycles. The van der Waals surface area contributed by atoms with Gasteiger partial charge in [-0.25, -0.2) is 8.42 Å². The number of benzene rings is 1. The summed E-state index contributed by atoms with van der Waals surface area (Å²) in [6.45, 7) is 0. The van der Waals surface area contributed by atoms with Gasteiger partial charge in [0.25, 0.3) is 0 Å². The number of rotatable bonds is 6. The lowest BCUT2D eigenvalue weighted by Gasteiger charge is -2.16. The van der Waals surface area contributed by atoms with Crippen molar-refractivity contribution >= 4 is 9.84 Å². The minimum absolute atomic E-state index is 0.0276. The average molecular weight is 257 g/mol. The molecule has 1 aromatic rings. The van der Waals surface area contributed by atoms with E-state index < -0.39 is 9.84 Å². The van der Waals surface area contributed by atoms with Gasteiger partial charge in [-0.3, -0.25) is 0 Å². The molecule has 96 valence electrons. The first-order valence-electron chi connectivity index (χ1n) is 5.45. The van der Waals surface area contributed by atoms with Crippen LogP contribution < -0.4 is 10.1 Å². The van der Waals surface area contributed by atoms with Crippen LogP contribution in [0.2, 0.25) is 0 Å². The molecule has 4 nitrogen and oxygen atoms in total. The quantitative estimate of drug-likeness (QED) is 0.836. The molecular formula is C12H19NO3S. The molecule has 1 unspecified atom stereocenters. The lowest BCUT2D eigenvalue weighted by molar-refractivity contribution is 0.413. The number of nitrogens with one attached hydrogen (secondary N) is 1. The summed E-state index contributed by atoms with van der Waals surface area (Å²) in [7, 11) is 0.517. The Bertz CT molecular complexity index is 457. The molecule has 0 aliphatic heterocycles. The van der Waals surface area contributed by atoms with Crippen molar-refractivity contribution in [2.75, 3.05) is 26.2 Å². The van der Waals surface area contributed by atoms with E-state index in [1.165, 1.54) is 6.26 Å². The van der Waals surface area contributed by atoms with Crippen LogP contribution in [0.3, 0.4) is 0 Å². The van der Waals surface area contributed by atoms with Gasteiger partial charge >= 0.3 is 0 Å². The molecule has 5 heteroatoms. The van der Waals surface area contributed by atoms with Crippen molar-refractivity contribution in [3.63, 3.8) is 0 Å². The Morgan fingerprint density at radius 1 is 1.41 bits per heavy atom. The summed E-state index contributed by atoms with van der Waals surface area (Å²) in [6, 6.07) is 7.68. The van der Waals surface area contributed by atoms with Crippen molar-refractivity contribution in [3.8, 4) is 5.75 Å². The van der Waals surface area contributed by atoms with Crippen molar-refractivity contribution in [1.82, 2.24) is 5.32 Å². The Morgan fingerprint density at radius 3 is 2.65 bits per heavy atom. The van der Waals surface area contributed by atoms with Crippen LogP contribution >= 0.6 is 0 Å². The average Bonchev–Trinajstić information content (AvgIpc) is 2.29. The zero-order valence-corrected chi connectivity index (χ0v) is 11.3. The normalized spacial score (nSPS) is 13.4. The van der Waals surface area contributed by atoms with E-state index in [0.717, 1.165) is 11.3 Å². The molecule has 0 heterocycles. The second kappa shape index (κ2) is 6.02. The maximum absolute atomic E-state index is 11.2. The molecule has 1 rings (SSSR count). The monoisotopic (exact) mass is 257 g/mol. The van der Waals surface area contributed by atoms with Gasteiger partial charge in [0.15, 0.2) is 0 Å². The third kappa shape index (κ3) is 4.75. The van der Waals surface area contributed by atoms with Gasteiger partial charge in [-0.2, -0.15) is 0 Å². The van der Waals surface area contributed by atoms with Gasteiger partial charge in [0, 0.05) is 12.3 Å². The maximum atomic E-state index is 11.2. The molecular weight excluding hydrogens is 238 g/mol. The molecule has 0 fully saturated rings. The Kier molecular flexibility index (Phi) is 4.96. The van der Waals surface area contributed by atoms with Gasteiger partial charge in [0.1, 0.15) is 15.6 Å². The minimum Gasteiger partial charge on any atom is -0.497 e. The van der Waals surface area contributed by atoms with E-state index in [2.05, 4.69) is 5.32 Å². The third-order valence-corrected chi connectivity index (χ3v) is 3.60. The molecule has 0 saturated heterocycles. The zero-order valence-electron chi connectivity index (χ0n) is 10.4. The van der Waals surface area contributed by atoms with Crippen LogP contribution in [0.1, 0.15) is 18.0 Å². The van der Waals surface area contributed by atoms with E-state index in [9.17, 15) is 8.42 Å². The van der Waals surface area contributed by atoms with E-state index >= 15 is 0 Å². The largest absolute Gasteiger partial charge is 0.497 e. The van der Waals surface area contributed by atoms with E-state index in [-0.39, 0.29) is 11.8 Å². The van der Waals surface area contributed by atoms with Gasteiger partial charge in [-0.05, 0) is 31.2 Å². The Hall–Kier alpha value is -1.07. The van der Waals surface area contributed by atoms with Crippen molar-refractivity contribution < 1.29 is 13.2 Å². The van der Waals surface area contributed by atoms with E-state index in [1.807, 2.05) is 31.3 Å². The molecule has 0 amide bonds. The summed E-state index contributed by atoms with van der Waals surface area (Å²) >= 11 is 0. The molecule has 0 aromatic heterocycles. The summed E-state index contributed by atoms with van der Waals surface area (Å²) < 4.78 is 27.5. The van der Waals surface area contributed by atoms with E-state index in [4.69, 9.17) is 4.74 Å². The molecule has 17 heavy (non-hydrogen) atoms. The first-order chi connectivity index (χ1) is 7.96. The van der Waals surface area contributed by atoms with Crippen LogP contribution in [0.25, 0.3) is 0 Å². The minimum atomic E-state index is -2.92. The highest BCUT2D eigenvalue weighted by molar-refractivity contribution is 7.90. The fourth-order valence-electron chi connectivity index (χ4n) is 1.67. The summed E-state index contributed by atoms with van der Waals surface area (Å²) in [4.78, 5) is 0. The van der Waals surface area contributed by atoms with Gasteiger partial charge in [0.2, 0.25) is 0 Å². The first-order valence-corrected chi connectivity index (χ1v) is 7.51. The lowest BCUT2D eigenvalue weighted by Crippen LogP contribution is -2.19. The van der Waals surface area contributed by atoms with E-state index in [0.29, 0.717) is 6.42 Å². The van der Waals surface area contributed by atoms with Crippen LogP contribution in [0.5, 0.6) is 5.75 Å². The van der Waals surface area contributed by atoms with Crippen LogP contribution in [0.4, 0.5) is 0 Å². The predicted molar refractivity (Wildman–Crippen MR) is 69.1 cm³/mol. The van der Waals surface area contributed by atoms with Crippen LogP contribution in [-0.4, -0.2) is 34.6 Å². The van der Waals surface area contributed by atoms with Crippen molar-refractivity contribution in [2.45, 2.75) is 12.5 Å². The summed E-state index contributed by atoms with van der Waals surface area (Å²) in [5.74, 6) is 0.956. The highest BCUT2D eigenvalue weighted by Crippen LogP contribution is 2.21. The number of methoxy groups -OCH3 is 1. The summed E-state index contributed by atoms with van der Waals surface area (Å²) in [5, 5.41) is 3.12. The van der Waals surface area contributed by atoms with Gasteiger partial charge in [-0.1, -0.05) is 12.1 Å². The van der Waals surface area contributed by atoms with Crippen LogP contribution in [0.15, 0.2) is 24.3 Å². The topological polar surface area (TPSA) is 55.4 Å². The lowest BCUT2D eigenvalue weighted by atomic mass is 10.0. The maximum Gasteiger partial charge on any atom is 0.147 e. The van der Waals surface area contributed by atoms with Gasteiger partial charge < -0.3 is 10.1 Å². The number of ether oxygens (including phenoxy) is 1. The van der Waals surface area contributed by atoms with Crippen molar-refractivity contribution in [1.29, 1.82) is 0 Å². The standard InChI is InChI=1S/C12H19NO3S/c1-13-12(7-8-17(3,14)15)10-5-4-6-11(9-10)16-2/h4-6,9,12-13H,7-8H2,1-3H3. The molecule has 0 bridgehead atoms. The SMILES string of the molecule is CNC(CCS(C)(=O)=O)c1cccc(OC)c1. The van der Waals surface area contributed by atoms with Crippen molar-refractivity contribution in [3.05, 3.63) is 29.8 Å². The zero-order chi connectivity index (χ0) is 12.9. The molecule has 1 N–H and O–H groups in total. The molecule has 1 atom stereocenters. The molecule has 1 aromatic carbocycles.